The van der Waals surface area contributed by atoms with Gasteiger partial charge in [0.15, 0.2) is 0 Å². The fourth-order valence-electron chi connectivity index (χ4n) is 1.36. The van der Waals surface area contributed by atoms with E-state index in [2.05, 4.69) is 16.2 Å². The molecule has 1 radical (unpaired) electrons. The lowest BCUT2D eigenvalue weighted by atomic mass is 10.1. The molecule has 16 heavy (non-hydrogen) atoms. The molecule has 0 aliphatic rings. The van der Waals surface area contributed by atoms with Gasteiger partial charge in [0.25, 0.3) is 5.91 Å². The maximum atomic E-state index is 11.2. The highest BCUT2D eigenvalue weighted by Gasteiger charge is 2.13. The molecule has 0 saturated heterocycles. The summed E-state index contributed by atoms with van der Waals surface area (Å²) in [5, 5.41) is 0.425. The van der Waals surface area contributed by atoms with Crippen LogP contribution in [0.1, 0.15) is 10.5 Å². The van der Waals surface area contributed by atoms with Gasteiger partial charge in [-0.1, -0.05) is 17.7 Å². The lowest BCUT2D eigenvalue weighted by Crippen LogP contribution is -2.14. The minimum Gasteiger partial charge on any atom is -0.364 e. The van der Waals surface area contributed by atoms with Crippen molar-refractivity contribution >= 4 is 17.5 Å². The van der Waals surface area contributed by atoms with Crippen molar-refractivity contribution in [2.45, 2.75) is 0 Å². The van der Waals surface area contributed by atoms with Crippen LogP contribution in [0.15, 0.2) is 30.6 Å². The van der Waals surface area contributed by atoms with Crippen molar-refractivity contribution < 1.29 is 4.79 Å². The highest BCUT2D eigenvalue weighted by Crippen LogP contribution is 2.28. The van der Waals surface area contributed by atoms with Crippen LogP contribution < -0.4 is 5.73 Å². The largest absolute Gasteiger partial charge is 0.364 e. The number of carbonyl (C=O) groups excluding carboxylic acids is 1. The molecule has 0 saturated carbocycles. The van der Waals surface area contributed by atoms with Crippen molar-refractivity contribution in [3.05, 3.63) is 47.5 Å². The second-order valence-corrected chi connectivity index (χ2v) is 3.46. The van der Waals surface area contributed by atoms with Gasteiger partial charge < -0.3 is 5.73 Å². The van der Waals surface area contributed by atoms with Crippen LogP contribution >= 0.6 is 11.6 Å². The van der Waals surface area contributed by atoms with E-state index in [-0.39, 0.29) is 5.69 Å². The Hall–Kier alpha value is -1.94. The Balaban J connectivity index is 2.65. The molecule has 0 spiro atoms. The Morgan fingerprint density at radius 2 is 2.25 bits per heavy atom. The number of hydrogen-bond acceptors (Lipinski definition) is 3. The predicted molar refractivity (Wildman–Crippen MR) is 59.8 cm³/mol. The molecule has 1 amide bonds. The molecule has 5 heteroatoms. The molecular formula is C11H7ClN3O. The summed E-state index contributed by atoms with van der Waals surface area (Å²) in [6, 6.07) is 5.02. The zero-order valence-corrected chi connectivity index (χ0v) is 8.90. The predicted octanol–water partition coefficient (Wildman–Crippen LogP) is 1.70. The molecular weight excluding hydrogens is 226 g/mol. The highest BCUT2D eigenvalue weighted by atomic mass is 35.5. The molecule has 2 rings (SSSR count). The zero-order valence-electron chi connectivity index (χ0n) is 8.14. The molecule has 0 atom stereocenters. The van der Waals surface area contributed by atoms with Crippen LogP contribution in [0.5, 0.6) is 0 Å². The molecule has 0 fully saturated rings. The quantitative estimate of drug-likeness (QED) is 0.857. The fraction of sp³-hybridized carbons (Fsp3) is 0. The van der Waals surface area contributed by atoms with Gasteiger partial charge in [-0.3, -0.25) is 14.8 Å². The van der Waals surface area contributed by atoms with E-state index in [1.54, 1.807) is 18.2 Å². The van der Waals surface area contributed by atoms with Gasteiger partial charge in [-0.15, -0.1) is 0 Å². The molecule has 0 aromatic carbocycles. The van der Waals surface area contributed by atoms with Crippen LogP contribution in [-0.4, -0.2) is 15.9 Å². The topological polar surface area (TPSA) is 68.9 Å². The number of halogens is 1. The van der Waals surface area contributed by atoms with E-state index in [0.717, 1.165) is 0 Å². The van der Waals surface area contributed by atoms with Crippen molar-refractivity contribution in [2.24, 2.45) is 5.73 Å². The van der Waals surface area contributed by atoms with Crippen molar-refractivity contribution in [3.8, 4) is 11.1 Å². The van der Waals surface area contributed by atoms with Gasteiger partial charge in [-0.05, 0) is 12.1 Å². The average Bonchev–Trinajstić information content (AvgIpc) is 2.29. The minimum absolute atomic E-state index is 0.184. The maximum Gasteiger partial charge on any atom is 0.267 e. The third-order valence-electron chi connectivity index (χ3n) is 2.05. The Morgan fingerprint density at radius 1 is 1.44 bits per heavy atom. The summed E-state index contributed by atoms with van der Waals surface area (Å²) < 4.78 is 0. The molecule has 0 bridgehead atoms. The van der Waals surface area contributed by atoms with Gasteiger partial charge in [0.05, 0.1) is 11.2 Å². The normalized spacial score (nSPS) is 10.1. The number of aromatic nitrogens is 2. The van der Waals surface area contributed by atoms with Gasteiger partial charge in [-0.25, -0.2) is 0 Å². The maximum absolute atomic E-state index is 11.2. The molecule has 2 N–H and O–H groups in total. The Labute approximate surface area is 97.1 Å². The molecule has 4 nitrogen and oxygen atoms in total. The Morgan fingerprint density at radius 3 is 2.94 bits per heavy atom. The van der Waals surface area contributed by atoms with E-state index >= 15 is 0 Å². The summed E-state index contributed by atoms with van der Waals surface area (Å²) in [5.74, 6) is -0.594. The average molecular weight is 233 g/mol. The minimum atomic E-state index is -0.594. The first-order chi connectivity index (χ1) is 7.70. The number of amides is 1. The number of primary amides is 1. The van der Waals surface area contributed by atoms with Crippen LogP contribution in [0.25, 0.3) is 11.1 Å². The molecule has 79 valence electrons. The zero-order chi connectivity index (χ0) is 11.5. The number of carbonyl (C=O) groups is 1. The van der Waals surface area contributed by atoms with E-state index in [4.69, 9.17) is 17.3 Å². The summed E-state index contributed by atoms with van der Waals surface area (Å²) in [5.41, 5.74) is 6.64. The highest BCUT2D eigenvalue weighted by molar-refractivity contribution is 6.33. The Kier molecular flexibility index (Phi) is 2.83. The number of rotatable bonds is 2. The molecule has 2 aromatic heterocycles. The van der Waals surface area contributed by atoms with Gasteiger partial charge in [0.1, 0.15) is 5.69 Å². The van der Waals surface area contributed by atoms with E-state index in [0.29, 0.717) is 16.1 Å². The SMILES string of the molecule is NC(=O)c1ncccc1-c1c[c]ncc1Cl. The standard InChI is InChI=1S/C11H7ClN3O/c12-9-6-14-5-3-7(9)8-2-1-4-15-10(8)11(13)16/h1-4,6H,(H2,13,16). The van der Waals surface area contributed by atoms with E-state index in [1.807, 2.05) is 0 Å². The first-order valence-electron chi connectivity index (χ1n) is 4.47. The van der Waals surface area contributed by atoms with Gasteiger partial charge in [-0.2, -0.15) is 0 Å². The second kappa shape index (κ2) is 4.28. The third kappa shape index (κ3) is 1.87. The van der Waals surface area contributed by atoms with Crippen LogP contribution in [0.3, 0.4) is 0 Å². The van der Waals surface area contributed by atoms with Crippen molar-refractivity contribution in [2.75, 3.05) is 0 Å². The number of nitrogens with zero attached hydrogens (tertiary/aromatic N) is 2. The fourth-order valence-corrected chi connectivity index (χ4v) is 1.56. The van der Waals surface area contributed by atoms with Crippen molar-refractivity contribution in [1.82, 2.24) is 9.97 Å². The van der Waals surface area contributed by atoms with Gasteiger partial charge in [0, 0.05) is 23.5 Å². The summed E-state index contributed by atoms with van der Waals surface area (Å²) in [7, 11) is 0. The number of pyridine rings is 2. The smallest absolute Gasteiger partial charge is 0.267 e. The van der Waals surface area contributed by atoms with E-state index in [1.165, 1.54) is 12.4 Å². The van der Waals surface area contributed by atoms with Crippen LogP contribution in [0.4, 0.5) is 0 Å². The molecule has 0 aliphatic carbocycles. The van der Waals surface area contributed by atoms with Gasteiger partial charge >= 0.3 is 0 Å². The molecule has 2 aromatic rings. The van der Waals surface area contributed by atoms with Gasteiger partial charge in [0.2, 0.25) is 0 Å². The lowest BCUT2D eigenvalue weighted by Gasteiger charge is -2.06. The molecule has 0 aliphatic heterocycles. The van der Waals surface area contributed by atoms with E-state index in [9.17, 15) is 4.79 Å². The van der Waals surface area contributed by atoms with E-state index < -0.39 is 5.91 Å². The third-order valence-corrected chi connectivity index (χ3v) is 2.35. The monoisotopic (exact) mass is 232 g/mol. The lowest BCUT2D eigenvalue weighted by molar-refractivity contribution is 0.0996. The molecule has 0 unspecified atom stereocenters. The van der Waals surface area contributed by atoms with Crippen LogP contribution in [0, 0.1) is 6.20 Å². The number of nitrogens with two attached hydrogens (primary N) is 1. The molecule has 2 heterocycles. The number of hydrogen-bond donors (Lipinski definition) is 1. The van der Waals surface area contributed by atoms with Crippen LogP contribution in [-0.2, 0) is 0 Å². The summed E-state index contributed by atoms with van der Waals surface area (Å²) in [6.07, 6.45) is 5.61. The first-order valence-corrected chi connectivity index (χ1v) is 4.84. The van der Waals surface area contributed by atoms with Crippen molar-refractivity contribution in [3.63, 3.8) is 0 Å². The Bertz CT molecular complexity index is 542. The summed E-state index contributed by atoms with van der Waals surface area (Å²) in [4.78, 5) is 18.9. The first kappa shape index (κ1) is 10.6. The summed E-state index contributed by atoms with van der Waals surface area (Å²) in [6.45, 7) is 0. The second-order valence-electron chi connectivity index (χ2n) is 3.06. The summed E-state index contributed by atoms with van der Waals surface area (Å²) >= 11 is 5.97. The van der Waals surface area contributed by atoms with Crippen molar-refractivity contribution in [1.29, 1.82) is 0 Å². The van der Waals surface area contributed by atoms with Crippen LogP contribution in [0.2, 0.25) is 5.02 Å².